The van der Waals surface area contributed by atoms with Crippen LogP contribution in [0.15, 0.2) is 200 Å². The van der Waals surface area contributed by atoms with E-state index in [9.17, 15) is 0 Å². The Balaban J connectivity index is 1.15. The van der Waals surface area contributed by atoms with E-state index < -0.39 is 0 Å². The third kappa shape index (κ3) is 5.13. The fourth-order valence-corrected chi connectivity index (χ4v) is 11.5. The molecule has 1 nitrogen and oxygen atoms in total. The Morgan fingerprint density at radius 3 is 1.54 bits per heavy atom. The van der Waals surface area contributed by atoms with E-state index in [0.717, 1.165) is 11.4 Å². The SMILES string of the molecule is c1ccc(-c2cccc3sc4c(-c5cccc6sc7c8ccccc8c(N(c8ccc9ccccc9c8)c8ccc9ccccc9c8)cc7c56)cccc4c23)cc1. The van der Waals surface area contributed by atoms with Gasteiger partial charge in [-0.3, -0.25) is 0 Å². The second-order valence-corrected chi connectivity index (χ2v) is 16.9. The molecule has 0 bridgehead atoms. The van der Waals surface area contributed by atoms with Crippen LogP contribution in [0.4, 0.5) is 17.1 Å². The maximum Gasteiger partial charge on any atom is 0.0547 e. The first kappa shape index (κ1) is 32.5. The Bertz CT molecular complexity index is 3460. The Hall–Kier alpha value is -6.78. The predicted octanol–water partition coefficient (Wildman–Crippen LogP) is 16.7. The van der Waals surface area contributed by atoms with Crippen LogP contribution in [-0.2, 0) is 0 Å². The summed E-state index contributed by atoms with van der Waals surface area (Å²) in [6.07, 6.45) is 0. The lowest BCUT2D eigenvalue weighted by molar-refractivity contribution is 1.31. The van der Waals surface area contributed by atoms with Crippen molar-refractivity contribution in [3.8, 4) is 22.3 Å². The van der Waals surface area contributed by atoms with Gasteiger partial charge in [0.15, 0.2) is 0 Å². The molecule has 10 aromatic carbocycles. The maximum atomic E-state index is 2.48. The van der Waals surface area contributed by atoms with Crippen molar-refractivity contribution < 1.29 is 0 Å². The van der Waals surface area contributed by atoms with E-state index in [4.69, 9.17) is 0 Å². The molecule has 0 aliphatic rings. The normalized spacial score (nSPS) is 11.9. The minimum absolute atomic E-state index is 1.14. The Kier molecular flexibility index (Phi) is 7.34. The first-order valence-electron chi connectivity index (χ1n) is 19.4. The van der Waals surface area contributed by atoms with Gasteiger partial charge in [-0.05, 0) is 80.7 Å². The van der Waals surface area contributed by atoms with Crippen LogP contribution in [0.1, 0.15) is 0 Å². The minimum Gasteiger partial charge on any atom is -0.310 e. The topological polar surface area (TPSA) is 3.24 Å². The van der Waals surface area contributed by atoms with E-state index in [-0.39, 0.29) is 0 Å². The van der Waals surface area contributed by atoms with E-state index in [1.807, 2.05) is 22.7 Å². The van der Waals surface area contributed by atoms with Crippen LogP contribution < -0.4 is 4.90 Å². The van der Waals surface area contributed by atoms with E-state index >= 15 is 0 Å². The number of fused-ring (bicyclic) bond motifs is 10. The highest BCUT2D eigenvalue weighted by Gasteiger charge is 2.22. The Morgan fingerprint density at radius 1 is 0.316 bits per heavy atom. The van der Waals surface area contributed by atoms with E-state index in [0.29, 0.717) is 0 Å². The zero-order chi connectivity index (χ0) is 37.5. The second-order valence-electron chi connectivity index (χ2n) is 14.8. The Morgan fingerprint density at radius 2 is 0.842 bits per heavy atom. The summed E-state index contributed by atoms with van der Waals surface area (Å²) in [4.78, 5) is 2.48. The van der Waals surface area contributed by atoms with Gasteiger partial charge < -0.3 is 4.90 Å². The van der Waals surface area contributed by atoms with Gasteiger partial charge >= 0.3 is 0 Å². The molecule has 0 amide bonds. The highest BCUT2D eigenvalue weighted by molar-refractivity contribution is 7.27. The van der Waals surface area contributed by atoms with Crippen LogP contribution in [0.2, 0.25) is 0 Å². The number of nitrogens with zero attached hydrogens (tertiary/aromatic N) is 1. The molecular formula is C54H33NS2. The molecule has 0 fully saturated rings. The number of benzene rings is 10. The van der Waals surface area contributed by atoms with E-state index in [1.165, 1.54) is 101 Å². The van der Waals surface area contributed by atoms with Gasteiger partial charge in [0.1, 0.15) is 0 Å². The third-order valence-corrected chi connectivity index (χ3v) is 14.0. The monoisotopic (exact) mass is 759 g/mol. The molecule has 2 heterocycles. The predicted molar refractivity (Wildman–Crippen MR) is 250 cm³/mol. The molecule has 57 heavy (non-hydrogen) atoms. The lowest BCUT2D eigenvalue weighted by atomic mass is 9.94. The zero-order valence-electron chi connectivity index (χ0n) is 30.8. The van der Waals surface area contributed by atoms with Crippen molar-refractivity contribution in [2.75, 3.05) is 4.90 Å². The van der Waals surface area contributed by atoms with Crippen molar-refractivity contribution in [3.05, 3.63) is 200 Å². The summed E-state index contributed by atoms with van der Waals surface area (Å²) in [6.45, 7) is 0. The molecule has 12 rings (SSSR count). The second kappa shape index (κ2) is 12.9. The molecule has 0 saturated heterocycles. The molecular weight excluding hydrogens is 727 g/mol. The minimum atomic E-state index is 1.14. The average Bonchev–Trinajstić information content (AvgIpc) is 3.86. The lowest BCUT2D eigenvalue weighted by Gasteiger charge is -2.28. The quantitative estimate of drug-likeness (QED) is 0.169. The van der Waals surface area contributed by atoms with Crippen LogP contribution in [0, 0.1) is 0 Å². The van der Waals surface area contributed by atoms with Crippen LogP contribution in [0.25, 0.3) is 94.9 Å². The highest BCUT2D eigenvalue weighted by Crippen LogP contribution is 2.51. The molecule has 0 N–H and O–H groups in total. The number of thiophene rings is 2. The zero-order valence-corrected chi connectivity index (χ0v) is 32.4. The van der Waals surface area contributed by atoms with Gasteiger partial charge in [0, 0.05) is 68.1 Å². The van der Waals surface area contributed by atoms with Gasteiger partial charge in [-0.2, -0.15) is 0 Å². The molecule has 12 aromatic rings. The van der Waals surface area contributed by atoms with E-state index in [1.54, 1.807) is 0 Å². The van der Waals surface area contributed by atoms with Crippen LogP contribution in [-0.4, -0.2) is 0 Å². The van der Waals surface area contributed by atoms with Crippen LogP contribution in [0.3, 0.4) is 0 Å². The van der Waals surface area contributed by atoms with Gasteiger partial charge in [-0.15, -0.1) is 22.7 Å². The largest absolute Gasteiger partial charge is 0.310 e. The molecule has 0 radical (unpaired) electrons. The highest BCUT2D eigenvalue weighted by atomic mass is 32.1. The van der Waals surface area contributed by atoms with Crippen molar-refractivity contribution in [1.29, 1.82) is 0 Å². The van der Waals surface area contributed by atoms with E-state index in [2.05, 4.69) is 205 Å². The smallest absolute Gasteiger partial charge is 0.0547 e. The molecule has 266 valence electrons. The Labute approximate surface area is 337 Å². The number of hydrogen-bond donors (Lipinski definition) is 0. The summed E-state index contributed by atoms with van der Waals surface area (Å²) in [5.74, 6) is 0. The van der Waals surface area contributed by atoms with Crippen molar-refractivity contribution in [3.63, 3.8) is 0 Å². The fraction of sp³-hybridized carbons (Fsp3) is 0. The van der Waals surface area contributed by atoms with Gasteiger partial charge in [-0.1, -0.05) is 158 Å². The van der Waals surface area contributed by atoms with Gasteiger partial charge in [-0.25, -0.2) is 0 Å². The standard InChI is InChI=1S/C54H33NS2/c1-2-15-36(16-3-1)41-21-11-25-49-51(41)46-24-10-23-45(53(46)56-49)43-22-12-26-50-52(43)47-33-48(42-19-8-9-20-44(42)54(47)57-50)55(39-29-27-34-13-4-6-17-37(34)31-39)40-30-28-35-14-5-7-18-38(35)32-40/h1-33H. The summed E-state index contributed by atoms with van der Waals surface area (Å²) in [7, 11) is 0. The van der Waals surface area contributed by atoms with Crippen molar-refractivity contribution in [2.24, 2.45) is 0 Å². The average molecular weight is 760 g/mol. The van der Waals surface area contributed by atoms with Crippen molar-refractivity contribution in [2.45, 2.75) is 0 Å². The van der Waals surface area contributed by atoms with Gasteiger partial charge in [0.2, 0.25) is 0 Å². The molecule has 2 aromatic heterocycles. The molecule has 0 spiro atoms. The maximum absolute atomic E-state index is 2.48. The summed E-state index contributed by atoms with van der Waals surface area (Å²) in [6, 6.07) is 73.9. The molecule has 0 unspecified atom stereocenters. The number of anilines is 3. The van der Waals surface area contributed by atoms with Crippen LogP contribution in [0.5, 0.6) is 0 Å². The first-order chi connectivity index (χ1) is 28.3. The molecule has 3 heteroatoms. The number of rotatable bonds is 5. The summed E-state index contributed by atoms with van der Waals surface area (Å²) >= 11 is 3.82. The molecule has 0 atom stereocenters. The van der Waals surface area contributed by atoms with Gasteiger partial charge in [0.05, 0.1) is 5.69 Å². The molecule has 0 aliphatic carbocycles. The fourth-order valence-electron chi connectivity index (χ4n) is 9.02. The lowest BCUT2D eigenvalue weighted by Crippen LogP contribution is -2.10. The third-order valence-electron chi connectivity index (χ3n) is 11.6. The van der Waals surface area contributed by atoms with Crippen LogP contribution >= 0.6 is 22.7 Å². The summed E-state index contributed by atoms with van der Waals surface area (Å²) < 4.78 is 5.27. The van der Waals surface area contributed by atoms with Gasteiger partial charge in [0.25, 0.3) is 0 Å². The first-order valence-corrected chi connectivity index (χ1v) is 21.0. The molecule has 0 aliphatic heterocycles. The summed E-state index contributed by atoms with van der Waals surface area (Å²) in [5.41, 5.74) is 8.55. The van der Waals surface area contributed by atoms with Crippen molar-refractivity contribution in [1.82, 2.24) is 0 Å². The molecule has 0 saturated carbocycles. The summed E-state index contributed by atoms with van der Waals surface area (Å²) in [5, 5.41) is 12.7. The number of hydrogen-bond acceptors (Lipinski definition) is 3. The van der Waals surface area contributed by atoms with Crippen molar-refractivity contribution >= 4 is 112 Å².